The molecule has 222 valence electrons. The molecule has 0 saturated carbocycles. The molecular weight excluding hydrogens is 540 g/mol. The van der Waals surface area contributed by atoms with Crippen LogP contribution in [0.3, 0.4) is 0 Å². The van der Waals surface area contributed by atoms with Crippen molar-refractivity contribution >= 4 is 45.7 Å². The molecule has 0 aromatic rings. The van der Waals surface area contributed by atoms with Gasteiger partial charge in [-0.05, 0) is 12.8 Å². The van der Waals surface area contributed by atoms with Crippen molar-refractivity contribution < 1.29 is 51.6 Å². The largest absolute Gasteiger partial charge is 0.480 e. The fourth-order valence-electron chi connectivity index (χ4n) is 2.98. The summed E-state index contributed by atoms with van der Waals surface area (Å²) in [4.78, 5) is 73.7. The predicted molar refractivity (Wildman–Crippen MR) is 138 cm³/mol. The minimum Gasteiger partial charge on any atom is -0.480 e. The molecule has 15 nitrogen and oxygen atoms in total. The number of carbonyl (C=O) groups is 6. The molecule has 0 aliphatic carbocycles. The van der Waals surface area contributed by atoms with E-state index in [0.717, 1.165) is 0 Å². The number of esters is 1. The quantitative estimate of drug-likeness (QED) is 0.0698. The molecule has 0 aromatic heterocycles. The van der Waals surface area contributed by atoms with Gasteiger partial charge < -0.3 is 30.7 Å². The van der Waals surface area contributed by atoms with Gasteiger partial charge in [0.05, 0.1) is 12.2 Å². The fraction of sp³-hybridized carbons (Fsp3) is 0.652. The Labute approximate surface area is 227 Å². The van der Waals surface area contributed by atoms with E-state index >= 15 is 0 Å². The van der Waals surface area contributed by atoms with Crippen molar-refractivity contribution in [3.8, 4) is 0 Å². The third kappa shape index (κ3) is 16.8. The van der Waals surface area contributed by atoms with E-state index in [1.165, 1.54) is 17.9 Å². The van der Waals surface area contributed by atoms with Gasteiger partial charge in [-0.3, -0.25) is 33.3 Å². The first-order valence-electron chi connectivity index (χ1n) is 12.2. The van der Waals surface area contributed by atoms with Crippen LogP contribution in [0.25, 0.3) is 0 Å². The van der Waals surface area contributed by atoms with Crippen molar-refractivity contribution in [1.29, 1.82) is 0 Å². The Kier molecular flexibility index (Phi) is 16.3. The SMILES string of the molecule is C=CCOC(=O)CCN(CCC(=O)N[C@H](C(=O)N[C@@H](C)C(=O)O)C(C)C)C(=O)CCC(=O)NCCS(=O)(=O)O. The van der Waals surface area contributed by atoms with Crippen molar-refractivity contribution in [2.24, 2.45) is 5.92 Å². The number of hydrogen-bond donors (Lipinski definition) is 5. The van der Waals surface area contributed by atoms with Crippen molar-refractivity contribution in [3.63, 3.8) is 0 Å². The predicted octanol–water partition coefficient (Wildman–Crippen LogP) is -1.16. The number of hydrogen-bond acceptors (Lipinski definition) is 9. The zero-order chi connectivity index (χ0) is 30.2. The Morgan fingerprint density at radius 3 is 2.10 bits per heavy atom. The molecule has 2 atom stereocenters. The van der Waals surface area contributed by atoms with E-state index in [2.05, 4.69) is 22.5 Å². The molecule has 0 radical (unpaired) electrons. The molecular formula is C23H38N4O11S. The Morgan fingerprint density at radius 2 is 1.56 bits per heavy atom. The van der Waals surface area contributed by atoms with Gasteiger partial charge in [0, 0.05) is 38.9 Å². The van der Waals surface area contributed by atoms with Crippen LogP contribution in [0.1, 0.15) is 46.5 Å². The van der Waals surface area contributed by atoms with Gasteiger partial charge in [-0.2, -0.15) is 8.42 Å². The normalized spacial score (nSPS) is 12.5. The zero-order valence-corrected chi connectivity index (χ0v) is 23.1. The summed E-state index contributed by atoms with van der Waals surface area (Å²) in [6, 6.07) is -2.21. The highest BCUT2D eigenvalue weighted by atomic mass is 32.2. The van der Waals surface area contributed by atoms with E-state index in [0.29, 0.717) is 0 Å². The number of carbonyl (C=O) groups excluding carboxylic acids is 5. The van der Waals surface area contributed by atoms with Crippen LogP contribution in [0.15, 0.2) is 12.7 Å². The third-order valence-corrected chi connectivity index (χ3v) is 5.87. The Bertz CT molecular complexity index is 998. The van der Waals surface area contributed by atoms with Gasteiger partial charge in [0.25, 0.3) is 10.1 Å². The number of ether oxygens (including phenoxy) is 1. The minimum absolute atomic E-state index is 0.0297. The highest BCUT2D eigenvalue weighted by Gasteiger charge is 2.27. The lowest BCUT2D eigenvalue weighted by atomic mass is 10.0. The highest BCUT2D eigenvalue weighted by Crippen LogP contribution is 2.06. The summed E-state index contributed by atoms with van der Waals surface area (Å²) in [7, 11) is -4.26. The van der Waals surface area contributed by atoms with Gasteiger partial charge in [0.2, 0.25) is 23.6 Å². The van der Waals surface area contributed by atoms with Crippen LogP contribution in [-0.4, -0.2) is 103 Å². The average Bonchev–Trinajstić information content (AvgIpc) is 2.83. The molecule has 5 N–H and O–H groups in total. The number of carboxylic acids is 1. The van der Waals surface area contributed by atoms with Crippen molar-refractivity contribution in [2.45, 2.75) is 58.5 Å². The average molecular weight is 579 g/mol. The van der Waals surface area contributed by atoms with Crippen LogP contribution >= 0.6 is 0 Å². The van der Waals surface area contributed by atoms with Gasteiger partial charge in [-0.25, -0.2) is 0 Å². The molecule has 0 unspecified atom stereocenters. The Balaban J connectivity index is 5.15. The number of amides is 4. The van der Waals surface area contributed by atoms with Crippen LogP contribution < -0.4 is 16.0 Å². The first kappa shape index (κ1) is 35.5. The standard InChI is InChI=1S/C23H38N4O11S/c1-5-13-38-20(31)9-12-27(19(30)7-6-17(28)24-10-14-39(35,36)37)11-8-18(29)26-21(15(2)3)22(32)25-16(4)23(33)34/h5,15-16,21H,1,6-14H2,2-4H3,(H,24,28)(H,25,32)(H,26,29)(H,33,34)(H,35,36,37)/t16-,21-/m0/s1. The molecule has 0 heterocycles. The van der Waals surface area contributed by atoms with Crippen molar-refractivity contribution in [2.75, 3.05) is 32.0 Å². The Hall–Kier alpha value is -3.53. The van der Waals surface area contributed by atoms with E-state index in [1.54, 1.807) is 13.8 Å². The molecule has 0 aliphatic rings. The van der Waals surface area contributed by atoms with Crippen LogP contribution in [-0.2, 0) is 43.6 Å². The van der Waals surface area contributed by atoms with Crippen LogP contribution in [0.2, 0.25) is 0 Å². The molecule has 0 rings (SSSR count). The Morgan fingerprint density at radius 1 is 0.949 bits per heavy atom. The maximum Gasteiger partial charge on any atom is 0.325 e. The second kappa shape index (κ2) is 17.9. The van der Waals surface area contributed by atoms with Gasteiger partial charge in [-0.1, -0.05) is 26.5 Å². The first-order chi connectivity index (χ1) is 18.1. The van der Waals surface area contributed by atoms with E-state index < -0.39 is 63.5 Å². The minimum atomic E-state index is -4.26. The van der Waals surface area contributed by atoms with Crippen molar-refractivity contribution in [3.05, 3.63) is 12.7 Å². The summed E-state index contributed by atoms with van der Waals surface area (Å²) in [5.74, 6) is -5.45. The molecule has 0 aliphatic heterocycles. The van der Waals surface area contributed by atoms with Gasteiger partial charge in [0.15, 0.2) is 0 Å². The lowest BCUT2D eigenvalue weighted by molar-refractivity contribution is -0.144. The third-order valence-electron chi connectivity index (χ3n) is 5.15. The van der Waals surface area contributed by atoms with Crippen molar-refractivity contribution in [1.82, 2.24) is 20.9 Å². The lowest BCUT2D eigenvalue weighted by Gasteiger charge is -2.25. The second-order valence-electron chi connectivity index (χ2n) is 8.85. The van der Waals surface area contributed by atoms with Gasteiger partial charge >= 0.3 is 11.9 Å². The van der Waals surface area contributed by atoms with E-state index in [-0.39, 0.29) is 57.8 Å². The molecule has 0 fully saturated rings. The van der Waals surface area contributed by atoms with Gasteiger partial charge in [0.1, 0.15) is 18.7 Å². The van der Waals surface area contributed by atoms with Crippen LogP contribution in [0.5, 0.6) is 0 Å². The topological polar surface area (TPSA) is 226 Å². The molecule has 0 bridgehead atoms. The maximum atomic E-state index is 12.7. The van der Waals surface area contributed by atoms with Crippen LogP contribution in [0, 0.1) is 5.92 Å². The lowest BCUT2D eigenvalue weighted by Crippen LogP contribution is -2.53. The number of nitrogens with one attached hydrogen (secondary N) is 3. The summed E-state index contributed by atoms with van der Waals surface area (Å²) in [5, 5.41) is 16.0. The fourth-order valence-corrected chi connectivity index (χ4v) is 3.34. The van der Waals surface area contributed by atoms with E-state index in [9.17, 15) is 37.2 Å². The molecule has 39 heavy (non-hydrogen) atoms. The summed E-state index contributed by atoms with van der Waals surface area (Å²) in [5.41, 5.74) is 0. The molecule has 16 heteroatoms. The zero-order valence-electron chi connectivity index (χ0n) is 22.3. The summed E-state index contributed by atoms with van der Waals surface area (Å²) in [6.45, 7) is 7.34. The van der Waals surface area contributed by atoms with Gasteiger partial charge in [-0.15, -0.1) is 0 Å². The van der Waals surface area contributed by atoms with E-state index in [4.69, 9.17) is 14.4 Å². The summed E-state index contributed by atoms with van der Waals surface area (Å²) < 4.78 is 35.0. The second-order valence-corrected chi connectivity index (χ2v) is 10.4. The molecule has 0 aromatic carbocycles. The smallest absolute Gasteiger partial charge is 0.325 e. The summed E-state index contributed by atoms with van der Waals surface area (Å²) in [6.07, 6.45) is 0.269. The monoisotopic (exact) mass is 578 g/mol. The maximum absolute atomic E-state index is 12.7. The number of nitrogens with zero attached hydrogens (tertiary/aromatic N) is 1. The molecule has 0 spiro atoms. The van der Waals surface area contributed by atoms with Crippen LogP contribution in [0.4, 0.5) is 0 Å². The first-order valence-corrected chi connectivity index (χ1v) is 13.8. The molecule has 0 saturated heterocycles. The molecule has 4 amide bonds. The van der Waals surface area contributed by atoms with E-state index in [1.807, 2.05) is 0 Å². The number of aliphatic carboxylic acids is 1. The number of carboxylic acid groups (broad SMARTS) is 1. The summed E-state index contributed by atoms with van der Waals surface area (Å²) >= 11 is 0. The number of rotatable bonds is 19. The highest BCUT2D eigenvalue weighted by molar-refractivity contribution is 7.85.